The maximum Gasteiger partial charge on any atom is 0.259 e. The maximum absolute atomic E-state index is 13.6. The number of aromatic nitrogens is 2. The molecule has 3 heterocycles. The summed E-state index contributed by atoms with van der Waals surface area (Å²) in [6.07, 6.45) is 1.78. The number of pyridine rings is 2. The lowest BCUT2D eigenvalue weighted by molar-refractivity contribution is 0.207. The molecule has 0 spiro atoms. The molecular weight excluding hydrogens is 395 g/mol. The van der Waals surface area contributed by atoms with E-state index in [0.717, 1.165) is 24.5 Å². The van der Waals surface area contributed by atoms with Crippen molar-refractivity contribution in [2.24, 2.45) is 0 Å². The molecular formula is C24H27FN4O2. The van der Waals surface area contributed by atoms with E-state index < -0.39 is 6.04 Å². The van der Waals surface area contributed by atoms with Crippen LogP contribution in [0.25, 0.3) is 0 Å². The Kier molecular flexibility index (Phi) is 6.04. The Bertz CT molecular complexity index is 1090. The zero-order valence-corrected chi connectivity index (χ0v) is 17.8. The molecule has 4 rings (SSSR count). The SMILES string of the molecule is CCn1c(C)cc(O)c(C(c2ccc(F)cc2)N2CCN(c3ccccn3)CC2)c1=O. The van der Waals surface area contributed by atoms with Gasteiger partial charge in [0.05, 0.1) is 11.6 Å². The molecule has 1 aromatic carbocycles. The fraction of sp³-hybridized carbons (Fsp3) is 0.333. The van der Waals surface area contributed by atoms with Crippen molar-refractivity contribution in [3.05, 3.63) is 87.7 Å². The van der Waals surface area contributed by atoms with Crippen molar-refractivity contribution < 1.29 is 9.50 Å². The van der Waals surface area contributed by atoms with Crippen LogP contribution in [0.15, 0.2) is 59.5 Å². The Morgan fingerprint density at radius 2 is 1.81 bits per heavy atom. The first kappa shape index (κ1) is 21.1. The minimum Gasteiger partial charge on any atom is -0.507 e. The number of benzene rings is 1. The van der Waals surface area contributed by atoms with E-state index in [1.807, 2.05) is 32.0 Å². The zero-order chi connectivity index (χ0) is 22.0. The van der Waals surface area contributed by atoms with Crippen LogP contribution in [0.5, 0.6) is 5.75 Å². The van der Waals surface area contributed by atoms with Crippen LogP contribution < -0.4 is 10.5 Å². The highest BCUT2D eigenvalue weighted by Gasteiger charge is 2.31. The number of anilines is 1. The summed E-state index contributed by atoms with van der Waals surface area (Å²) in [4.78, 5) is 22.1. The van der Waals surface area contributed by atoms with E-state index in [9.17, 15) is 14.3 Å². The molecule has 1 saturated heterocycles. The minimum absolute atomic E-state index is 0.0197. The number of piperazine rings is 1. The summed E-state index contributed by atoms with van der Waals surface area (Å²) < 4.78 is 15.3. The van der Waals surface area contributed by atoms with Crippen molar-refractivity contribution in [3.8, 4) is 5.75 Å². The van der Waals surface area contributed by atoms with Gasteiger partial charge in [-0.2, -0.15) is 0 Å². The molecule has 31 heavy (non-hydrogen) atoms. The second-order valence-corrected chi connectivity index (χ2v) is 7.80. The van der Waals surface area contributed by atoms with Crippen molar-refractivity contribution >= 4 is 5.82 Å². The van der Waals surface area contributed by atoms with E-state index in [1.54, 1.807) is 29.0 Å². The molecule has 6 nitrogen and oxygen atoms in total. The third-order valence-electron chi connectivity index (χ3n) is 5.95. The van der Waals surface area contributed by atoms with E-state index >= 15 is 0 Å². The van der Waals surface area contributed by atoms with E-state index in [1.165, 1.54) is 12.1 Å². The lowest BCUT2D eigenvalue weighted by Crippen LogP contribution is -2.49. The van der Waals surface area contributed by atoms with Crippen molar-refractivity contribution in [1.82, 2.24) is 14.5 Å². The zero-order valence-electron chi connectivity index (χ0n) is 17.8. The molecule has 1 fully saturated rings. The first-order chi connectivity index (χ1) is 15.0. The summed E-state index contributed by atoms with van der Waals surface area (Å²) in [5.41, 5.74) is 1.63. The van der Waals surface area contributed by atoms with Gasteiger partial charge in [0.1, 0.15) is 17.4 Å². The molecule has 1 N–H and O–H groups in total. The lowest BCUT2D eigenvalue weighted by atomic mass is 9.96. The third kappa shape index (κ3) is 4.18. The van der Waals surface area contributed by atoms with Crippen molar-refractivity contribution in [2.45, 2.75) is 26.4 Å². The number of aryl methyl sites for hydroxylation is 1. The minimum atomic E-state index is -0.461. The average molecular weight is 423 g/mol. The number of hydrogen-bond donors (Lipinski definition) is 1. The molecule has 1 aliphatic rings. The van der Waals surface area contributed by atoms with Crippen molar-refractivity contribution in [3.63, 3.8) is 0 Å². The quantitative estimate of drug-likeness (QED) is 0.684. The number of rotatable bonds is 5. The molecule has 0 radical (unpaired) electrons. The Hall–Kier alpha value is -3.19. The molecule has 3 aromatic rings. The van der Waals surface area contributed by atoms with Gasteiger partial charge in [-0.05, 0) is 49.7 Å². The predicted molar refractivity (Wildman–Crippen MR) is 119 cm³/mol. The van der Waals surface area contributed by atoms with Crippen LogP contribution in [0, 0.1) is 12.7 Å². The molecule has 0 bridgehead atoms. The maximum atomic E-state index is 13.6. The topological polar surface area (TPSA) is 61.6 Å². The van der Waals surface area contributed by atoms with Gasteiger partial charge < -0.3 is 14.6 Å². The summed E-state index contributed by atoms with van der Waals surface area (Å²) in [6.45, 7) is 7.07. The van der Waals surface area contributed by atoms with Crippen molar-refractivity contribution in [2.75, 3.05) is 31.1 Å². The highest BCUT2D eigenvalue weighted by Crippen LogP contribution is 2.33. The standard InChI is InChI=1S/C24H27FN4O2/c1-3-29-17(2)16-20(30)22(24(29)31)23(18-7-9-19(25)10-8-18)28-14-12-27(13-15-28)21-6-4-5-11-26-21/h4-11,16,23,30H,3,12-15H2,1-2H3. The number of hydrogen-bond acceptors (Lipinski definition) is 5. The van der Waals surface area contributed by atoms with Crippen LogP contribution >= 0.6 is 0 Å². The number of nitrogens with zero attached hydrogens (tertiary/aromatic N) is 4. The van der Waals surface area contributed by atoms with Gasteiger partial charge in [0.15, 0.2) is 0 Å². The van der Waals surface area contributed by atoms with Crippen molar-refractivity contribution in [1.29, 1.82) is 0 Å². The second kappa shape index (κ2) is 8.89. The van der Waals surface area contributed by atoms with E-state index in [-0.39, 0.29) is 17.1 Å². The molecule has 1 atom stereocenters. The predicted octanol–water partition coefficient (Wildman–Crippen LogP) is 3.33. The van der Waals surface area contributed by atoms with Gasteiger partial charge in [-0.1, -0.05) is 18.2 Å². The fourth-order valence-electron chi connectivity index (χ4n) is 4.37. The van der Waals surface area contributed by atoms with Gasteiger partial charge in [-0.3, -0.25) is 9.69 Å². The van der Waals surface area contributed by atoms with Crippen LogP contribution in [0.4, 0.5) is 10.2 Å². The Balaban J connectivity index is 1.72. The molecule has 0 amide bonds. The van der Waals surface area contributed by atoms with Gasteiger partial charge in [0, 0.05) is 44.6 Å². The second-order valence-electron chi connectivity index (χ2n) is 7.80. The summed E-state index contributed by atoms with van der Waals surface area (Å²) in [5, 5.41) is 10.8. The Labute approximate surface area is 181 Å². The van der Waals surface area contributed by atoms with Gasteiger partial charge in [0.25, 0.3) is 5.56 Å². The van der Waals surface area contributed by atoms with Crippen LogP contribution in [0.3, 0.4) is 0 Å². The van der Waals surface area contributed by atoms with E-state index in [2.05, 4.69) is 14.8 Å². The molecule has 1 aliphatic heterocycles. The fourth-order valence-corrected chi connectivity index (χ4v) is 4.37. The van der Waals surface area contributed by atoms with Crippen LogP contribution in [-0.2, 0) is 6.54 Å². The van der Waals surface area contributed by atoms with Gasteiger partial charge in [0.2, 0.25) is 0 Å². The summed E-state index contributed by atoms with van der Waals surface area (Å²) >= 11 is 0. The molecule has 1 unspecified atom stereocenters. The molecule has 0 aliphatic carbocycles. The molecule has 162 valence electrons. The normalized spacial score (nSPS) is 15.8. The van der Waals surface area contributed by atoms with Gasteiger partial charge in [-0.15, -0.1) is 0 Å². The summed E-state index contributed by atoms with van der Waals surface area (Å²) in [5.74, 6) is 0.572. The molecule has 2 aromatic heterocycles. The summed E-state index contributed by atoms with van der Waals surface area (Å²) in [6, 6.07) is 13.2. The van der Waals surface area contributed by atoms with Crippen LogP contribution in [-0.4, -0.2) is 45.7 Å². The largest absolute Gasteiger partial charge is 0.507 e. The number of halogens is 1. The lowest BCUT2D eigenvalue weighted by Gasteiger charge is -2.40. The Morgan fingerprint density at radius 1 is 1.10 bits per heavy atom. The Morgan fingerprint density at radius 3 is 2.42 bits per heavy atom. The van der Waals surface area contributed by atoms with Crippen LogP contribution in [0.2, 0.25) is 0 Å². The highest BCUT2D eigenvalue weighted by molar-refractivity contribution is 5.42. The van der Waals surface area contributed by atoms with Gasteiger partial charge in [-0.25, -0.2) is 9.37 Å². The summed E-state index contributed by atoms with van der Waals surface area (Å²) in [7, 11) is 0. The molecule has 0 saturated carbocycles. The van der Waals surface area contributed by atoms with Gasteiger partial charge >= 0.3 is 0 Å². The third-order valence-corrected chi connectivity index (χ3v) is 5.95. The van der Waals surface area contributed by atoms with E-state index in [4.69, 9.17) is 0 Å². The first-order valence-corrected chi connectivity index (χ1v) is 10.6. The average Bonchev–Trinajstić information content (AvgIpc) is 2.78. The smallest absolute Gasteiger partial charge is 0.259 e. The number of aromatic hydroxyl groups is 1. The molecule has 7 heteroatoms. The van der Waals surface area contributed by atoms with E-state index in [0.29, 0.717) is 30.9 Å². The van der Waals surface area contributed by atoms with Crippen LogP contribution in [0.1, 0.15) is 29.8 Å². The highest BCUT2D eigenvalue weighted by atomic mass is 19.1. The first-order valence-electron chi connectivity index (χ1n) is 10.6. The monoisotopic (exact) mass is 422 g/mol.